The molecule has 1 aliphatic carbocycles. The molecule has 1 aliphatic heterocycles. The molecule has 5 N–H and O–H groups in total. The SMILES string of the molecule is COc1c(N2CCN(C(=O)Oc3ccc(CC(P(=O)(O)O)P(=O)(O)O)cc3)C(C)C2)c(F)cc2c(=O)c(C(=O)O)cn(C3CC3)c12. The van der Waals surface area contributed by atoms with Crippen molar-refractivity contribution in [2.45, 2.75) is 43.7 Å². The normalized spacial score (nSPS) is 17.4. The number of benzene rings is 2. The topological polar surface area (TPSA) is 216 Å². The van der Waals surface area contributed by atoms with Gasteiger partial charge in [0.1, 0.15) is 17.0 Å². The minimum atomic E-state index is -5.11. The molecule has 18 heteroatoms. The predicted octanol–water partition coefficient (Wildman–Crippen LogP) is 3.12. The molecule has 1 amide bonds. The Morgan fingerprint density at radius 1 is 1.07 bits per heavy atom. The number of pyridine rings is 1. The third-order valence-electron chi connectivity index (χ3n) is 8.07. The van der Waals surface area contributed by atoms with Gasteiger partial charge in [-0.25, -0.2) is 14.0 Å². The fourth-order valence-electron chi connectivity index (χ4n) is 5.65. The molecule has 1 saturated carbocycles. The summed E-state index contributed by atoms with van der Waals surface area (Å²) in [7, 11) is -8.88. The van der Waals surface area contributed by atoms with Crippen molar-refractivity contribution in [2.75, 3.05) is 31.6 Å². The smallest absolute Gasteiger partial charge is 0.415 e. The lowest BCUT2D eigenvalue weighted by Gasteiger charge is -2.40. The highest BCUT2D eigenvalue weighted by Gasteiger charge is 2.43. The van der Waals surface area contributed by atoms with E-state index >= 15 is 4.39 Å². The van der Waals surface area contributed by atoms with Crippen molar-refractivity contribution in [3.63, 3.8) is 0 Å². The monoisotopic (exact) mass is 683 g/mol. The van der Waals surface area contributed by atoms with E-state index in [-0.39, 0.29) is 53.8 Å². The molecule has 3 aromatic rings. The summed E-state index contributed by atoms with van der Waals surface area (Å²) in [6.45, 7) is 2.15. The average Bonchev–Trinajstić information content (AvgIpc) is 3.80. The summed E-state index contributed by atoms with van der Waals surface area (Å²) in [5, 5.41) is 7.24. The fraction of sp³-hybridized carbons (Fsp3) is 0.393. The molecular formula is C28H32FN3O12P2. The summed E-state index contributed by atoms with van der Waals surface area (Å²) in [6.07, 6.45) is 1.46. The first kappa shape index (κ1) is 33.6. The Labute approximate surface area is 261 Å². The Morgan fingerprint density at radius 2 is 1.70 bits per heavy atom. The highest BCUT2D eigenvalue weighted by atomic mass is 31.2. The molecule has 1 saturated heterocycles. The minimum Gasteiger partial charge on any atom is -0.492 e. The average molecular weight is 684 g/mol. The molecule has 0 radical (unpaired) electrons. The second kappa shape index (κ2) is 12.4. The van der Waals surface area contributed by atoms with E-state index in [2.05, 4.69) is 0 Å². The number of piperazine rings is 1. The van der Waals surface area contributed by atoms with Crippen LogP contribution in [0.25, 0.3) is 10.9 Å². The molecule has 0 spiro atoms. The number of ether oxygens (including phenoxy) is 2. The second-order valence-corrected chi connectivity index (χ2v) is 15.3. The molecule has 2 heterocycles. The van der Waals surface area contributed by atoms with Gasteiger partial charge in [0.25, 0.3) is 0 Å². The number of rotatable bonds is 9. The molecule has 15 nitrogen and oxygen atoms in total. The van der Waals surface area contributed by atoms with Crippen molar-refractivity contribution >= 4 is 43.8 Å². The summed E-state index contributed by atoms with van der Waals surface area (Å²) in [4.78, 5) is 78.3. The van der Waals surface area contributed by atoms with Gasteiger partial charge in [-0.1, -0.05) is 12.1 Å². The molecule has 46 heavy (non-hydrogen) atoms. The maximum absolute atomic E-state index is 15.7. The van der Waals surface area contributed by atoms with E-state index in [4.69, 9.17) is 9.47 Å². The first-order chi connectivity index (χ1) is 21.5. The van der Waals surface area contributed by atoms with Crippen molar-refractivity contribution in [3.8, 4) is 11.5 Å². The van der Waals surface area contributed by atoms with Gasteiger partial charge in [0.2, 0.25) is 5.43 Å². The first-order valence-electron chi connectivity index (χ1n) is 14.1. The first-order valence-corrected chi connectivity index (χ1v) is 17.5. The highest BCUT2D eigenvalue weighted by Crippen LogP contribution is 2.61. The number of hydrogen-bond acceptors (Lipinski definition) is 8. The Morgan fingerprint density at radius 3 is 2.22 bits per heavy atom. The van der Waals surface area contributed by atoms with E-state index in [0.29, 0.717) is 5.52 Å². The predicted molar refractivity (Wildman–Crippen MR) is 162 cm³/mol. The van der Waals surface area contributed by atoms with Crippen molar-refractivity contribution in [2.24, 2.45) is 0 Å². The molecule has 1 atom stereocenters. The maximum atomic E-state index is 15.7. The quantitative estimate of drug-likeness (QED) is 0.205. The Balaban J connectivity index is 1.34. The third kappa shape index (κ3) is 6.68. The molecule has 1 aromatic heterocycles. The van der Waals surface area contributed by atoms with Gasteiger partial charge < -0.3 is 48.5 Å². The van der Waals surface area contributed by atoms with Crippen LogP contribution in [0.4, 0.5) is 14.9 Å². The summed E-state index contributed by atoms with van der Waals surface area (Å²) in [6, 6.07) is 5.79. The van der Waals surface area contributed by atoms with Crippen LogP contribution in [0.1, 0.15) is 41.7 Å². The highest BCUT2D eigenvalue weighted by molar-refractivity contribution is 7.70. The van der Waals surface area contributed by atoms with Crippen LogP contribution in [0, 0.1) is 5.82 Å². The molecule has 0 bridgehead atoms. The number of hydrogen-bond donors (Lipinski definition) is 5. The number of aromatic nitrogens is 1. The molecule has 2 aliphatic rings. The number of carbonyl (C=O) groups excluding carboxylic acids is 1. The fourth-order valence-corrected chi connectivity index (χ4v) is 8.12. The maximum Gasteiger partial charge on any atom is 0.415 e. The molecule has 2 fully saturated rings. The van der Waals surface area contributed by atoms with Crippen molar-refractivity contribution in [3.05, 3.63) is 63.7 Å². The van der Waals surface area contributed by atoms with Crippen LogP contribution < -0.4 is 19.8 Å². The molecule has 5 rings (SSSR count). The van der Waals surface area contributed by atoms with Gasteiger partial charge >= 0.3 is 27.3 Å². The number of halogens is 1. The Hall–Kier alpha value is -3.78. The van der Waals surface area contributed by atoms with Gasteiger partial charge in [0, 0.05) is 37.9 Å². The van der Waals surface area contributed by atoms with Crippen LogP contribution in [0.2, 0.25) is 0 Å². The number of carboxylic acid groups (broad SMARTS) is 1. The standard InChI is InChI=1S/C28H32FN3O12P2/c1-15-13-30(24-21(29)12-19-23(26(24)43-2)32(17-5-6-17)14-20(25(19)33)27(34)35)9-10-31(15)28(36)44-18-7-3-16(4-8-18)11-22(45(37,38)39)46(40,41)42/h3-4,7-8,12,14-15,17,22H,5-6,9-11,13H2,1-2H3,(H,34,35)(H2,37,38,39)(H2,40,41,42). The second-order valence-electron chi connectivity index (χ2n) is 11.3. The van der Waals surface area contributed by atoms with Crippen LogP contribution in [-0.4, -0.2) is 84.4 Å². The lowest BCUT2D eigenvalue weighted by molar-refractivity contribution is 0.0694. The largest absolute Gasteiger partial charge is 0.492 e. The van der Waals surface area contributed by atoms with Gasteiger partial charge in [-0.2, -0.15) is 0 Å². The number of aromatic carboxylic acids is 1. The van der Waals surface area contributed by atoms with E-state index in [1.807, 2.05) is 0 Å². The van der Waals surface area contributed by atoms with E-state index in [9.17, 15) is 48.2 Å². The zero-order valence-electron chi connectivity index (χ0n) is 24.6. The number of amides is 1. The Bertz CT molecular complexity index is 1830. The molecule has 248 valence electrons. The number of carboxylic acids is 1. The molecular weight excluding hydrogens is 651 g/mol. The van der Waals surface area contributed by atoms with Crippen LogP contribution in [0.5, 0.6) is 11.5 Å². The van der Waals surface area contributed by atoms with Gasteiger partial charge in [0.05, 0.1) is 18.0 Å². The lowest BCUT2D eigenvalue weighted by Crippen LogP contribution is -2.55. The molecule has 1 unspecified atom stereocenters. The van der Waals surface area contributed by atoms with Gasteiger partial charge in [-0.05, 0) is 49.9 Å². The molecule has 2 aromatic carbocycles. The number of fused-ring (bicyclic) bond motifs is 1. The minimum absolute atomic E-state index is 0.0633. The van der Waals surface area contributed by atoms with Crippen molar-refractivity contribution in [1.82, 2.24) is 9.47 Å². The number of methoxy groups -OCH3 is 1. The summed E-state index contributed by atoms with van der Waals surface area (Å²) < 4.78 is 51.6. The lowest BCUT2D eigenvalue weighted by atomic mass is 10.1. The third-order valence-corrected chi connectivity index (χ3v) is 11.8. The summed E-state index contributed by atoms with van der Waals surface area (Å²) >= 11 is 0. The number of nitrogens with zero attached hydrogens (tertiary/aromatic N) is 3. The zero-order chi connectivity index (χ0) is 33.7. The van der Waals surface area contributed by atoms with Gasteiger partial charge in [-0.15, -0.1) is 0 Å². The van der Waals surface area contributed by atoms with Crippen molar-refractivity contribution in [1.29, 1.82) is 0 Å². The van der Waals surface area contributed by atoms with Crippen molar-refractivity contribution < 1.29 is 57.3 Å². The number of anilines is 1. The van der Waals surface area contributed by atoms with Crippen LogP contribution in [0.3, 0.4) is 0 Å². The van der Waals surface area contributed by atoms with Crippen LogP contribution >= 0.6 is 15.2 Å². The summed E-state index contributed by atoms with van der Waals surface area (Å²) in [5.41, 5.74) is -0.708. The van der Waals surface area contributed by atoms with Gasteiger partial charge in [0.15, 0.2) is 17.0 Å². The van der Waals surface area contributed by atoms with Gasteiger partial charge in [-0.3, -0.25) is 13.9 Å². The van der Waals surface area contributed by atoms with E-state index in [1.54, 1.807) is 16.4 Å². The van der Waals surface area contributed by atoms with E-state index in [1.165, 1.54) is 42.5 Å². The van der Waals surface area contributed by atoms with Crippen LogP contribution in [0.15, 0.2) is 41.3 Å². The van der Waals surface area contributed by atoms with E-state index < -0.39 is 61.9 Å². The number of carbonyl (C=O) groups is 2. The van der Waals surface area contributed by atoms with E-state index in [0.717, 1.165) is 18.9 Å². The zero-order valence-corrected chi connectivity index (χ0v) is 26.4. The summed E-state index contributed by atoms with van der Waals surface area (Å²) in [5.74, 6) is -2.03. The Kier molecular flexibility index (Phi) is 9.08. The van der Waals surface area contributed by atoms with Crippen LogP contribution in [-0.2, 0) is 15.6 Å².